The highest BCUT2D eigenvalue weighted by molar-refractivity contribution is 7.81. The van der Waals surface area contributed by atoms with Crippen LogP contribution in [0.25, 0.3) is 22.2 Å². The number of ether oxygens (including phenoxy) is 1. The first-order chi connectivity index (χ1) is 15.7. The Bertz CT molecular complexity index is 1270. The Kier molecular flexibility index (Phi) is 6.40. The second kappa shape index (κ2) is 9.11. The Morgan fingerprint density at radius 1 is 1.21 bits per heavy atom. The van der Waals surface area contributed by atoms with Gasteiger partial charge in [0.2, 0.25) is 0 Å². The fourth-order valence-corrected chi connectivity index (χ4v) is 4.57. The standard InChI is InChI=1S/C23H22F3N3O3S/c1-32-22(30)13-18-14-27-29-10-7-17(12-21(18)29)19-11-16(3-4-20(19)23(24,25)26)15-5-8-28(9-6-15)33(2)31/h3-5,7,10-12,14H,6,8-9,13H2,1-2H3. The summed E-state index contributed by atoms with van der Waals surface area (Å²) in [7, 11) is 0.185. The summed E-state index contributed by atoms with van der Waals surface area (Å²) in [6.45, 7) is 1.05. The molecule has 6 nitrogen and oxygen atoms in total. The molecule has 174 valence electrons. The van der Waals surface area contributed by atoms with Crippen LogP contribution in [-0.2, 0) is 33.1 Å². The van der Waals surface area contributed by atoms with Crippen LogP contribution in [0.1, 0.15) is 23.1 Å². The zero-order chi connectivity index (χ0) is 23.8. The zero-order valence-corrected chi connectivity index (χ0v) is 18.9. The molecule has 1 aliphatic heterocycles. The van der Waals surface area contributed by atoms with Gasteiger partial charge in [0.05, 0.1) is 41.8 Å². The Labute approximate surface area is 191 Å². The van der Waals surface area contributed by atoms with Crippen molar-refractivity contribution in [2.24, 2.45) is 0 Å². The molecule has 4 rings (SSSR count). The predicted octanol–water partition coefficient (Wildman–Crippen LogP) is 4.12. The summed E-state index contributed by atoms with van der Waals surface area (Å²) in [6.07, 6.45) is 2.63. The molecule has 1 atom stereocenters. The fraction of sp³-hybridized carbons (Fsp3) is 0.304. The Morgan fingerprint density at radius 3 is 2.64 bits per heavy atom. The third-order valence-corrected chi connectivity index (χ3v) is 6.76. The average molecular weight is 478 g/mol. The van der Waals surface area contributed by atoms with E-state index in [-0.39, 0.29) is 12.0 Å². The third-order valence-electron chi connectivity index (χ3n) is 5.71. The van der Waals surface area contributed by atoms with Crippen LogP contribution in [0.5, 0.6) is 0 Å². The minimum atomic E-state index is -4.54. The predicted molar refractivity (Wildman–Crippen MR) is 120 cm³/mol. The number of alkyl halides is 3. The van der Waals surface area contributed by atoms with Crippen molar-refractivity contribution in [1.82, 2.24) is 13.9 Å². The molecule has 2 aromatic heterocycles. The van der Waals surface area contributed by atoms with Gasteiger partial charge in [0.1, 0.15) is 0 Å². The largest absolute Gasteiger partial charge is 0.469 e. The minimum absolute atomic E-state index is 0.0300. The van der Waals surface area contributed by atoms with E-state index in [9.17, 15) is 22.2 Å². The molecule has 3 aromatic rings. The van der Waals surface area contributed by atoms with Crippen LogP contribution in [-0.4, -0.2) is 50.6 Å². The summed E-state index contributed by atoms with van der Waals surface area (Å²) in [5, 5.41) is 4.17. The summed E-state index contributed by atoms with van der Waals surface area (Å²) in [5.41, 5.74) is 2.40. The number of aromatic nitrogens is 2. The van der Waals surface area contributed by atoms with Crippen molar-refractivity contribution in [1.29, 1.82) is 0 Å². The lowest BCUT2D eigenvalue weighted by atomic mass is 9.92. The molecule has 0 saturated heterocycles. The summed E-state index contributed by atoms with van der Waals surface area (Å²) in [4.78, 5) is 11.7. The van der Waals surface area contributed by atoms with E-state index in [0.717, 1.165) is 11.6 Å². The molecular formula is C23H22F3N3O3S. The number of carbonyl (C=O) groups is 1. The Balaban J connectivity index is 1.79. The smallest absolute Gasteiger partial charge is 0.417 e. The van der Waals surface area contributed by atoms with Crippen LogP contribution in [0.4, 0.5) is 13.2 Å². The van der Waals surface area contributed by atoms with E-state index >= 15 is 0 Å². The van der Waals surface area contributed by atoms with Gasteiger partial charge in [-0.1, -0.05) is 12.1 Å². The number of nitrogens with zero attached hydrogens (tertiary/aromatic N) is 3. The van der Waals surface area contributed by atoms with Crippen molar-refractivity contribution in [2.75, 3.05) is 26.5 Å². The van der Waals surface area contributed by atoms with Gasteiger partial charge in [-0.2, -0.15) is 18.3 Å². The number of methoxy groups -OCH3 is 1. The summed E-state index contributed by atoms with van der Waals surface area (Å²) in [5.74, 6) is -0.459. The zero-order valence-electron chi connectivity index (χ0n) is 18.1. The highest BCUT2D eigenvalue weighted by Crippen LogP contribution is 2.39. The third kappa shape index (κ3) is 4.86. The van der Waals surface area contributed by atoms with Crippen molar-refractivity contribution in [3.05, 3.63) is 65.5 Å². The molecule has 10 heteroatoms. The van der Waals surface area contributed by atoms with E-state index in [4.69, 9.17) is 4.74 Å². The average Bonchev–Trinajstić information content (AvgIpc) is 3.19. The summed E-state index contributed by atoms with van der Waals surface area (Å²) < 4.78 is 61.3. The van der Waals surface area contributed by atoms with Gasteiger partial charge < -0.3 is 4.74 Å². The number of carbonyl (C=O) groups excluding carboxylic acids is 1. The number of halogens is 3. The maximum absolute atomic E-state index is 13.9. The second-order valence-corrected chi connectivity index (χ2v) is 9.08. The first kappa shape index (κ1) is 23.2. The Hall–Kier alpha value is -2.98. The van der Waals surface area contributed by atoms with Crippen LogP contribution in [0, 0.1) is 0 Å². The van der Waals surface area contributed by atoms with E-state index < -0.39 is 28.7 Å². The van der Waals surface area contributed by atoms with Gasteiger partial charge in [-0.3, -0.25) is 4.79 Å². The van der Waals surface area contributed by atoms with Gasteiger partial charge in [0.25, 0.3) is 0 Å². The van der Waals surface area contributed by atoms with Crippen molar-refractivity contribution >= 4 is 28.0 Å². The molecule has 1 aromatic carbocycles. The summed E-state index contributed by atoms with van der Waals surface area (Å²) >= 11 is 0. The number of hydrogen-bond acceptors (Lipinski definition) is 4. The van der Waals surface area contributed by atoms with Crippen molar-refractivity contribution in [3.63, 3.8) is 0 Å². The van der Waals surface area contributed by atoms with Gasteiger partial charge in [-0.05, 0) is 52.9 Å². The number of pyridine rings is 1. The normalized spacial score (nSPS) is 16.0. The molecule has 1 aliphatic rings. The van der Waals surface area contributed by atoms with Gasteiger partial charge in [0.15, 0.2) is 0 Å². The first-order valence-electron chi connectivity index (χ1n) is 10.2. The molecule has 0 fully saturated rings. The number of hydrogen-bond donors (Lipinski definition) is 0. The number of rotatable bonds is 5. The molecular weight excluding hydrogens is 455 g/mol. The molecule has 0 N–H and O–H groups in total. The lowest BCUT2D eigenvalue weighted by Crippen LogP contribution is -2.29. The van der Waals surface area contributed by atoms with E-state index in [1.807, 2.05) is 6.08 Å². The SMILES string of the molecule is COC(=O)Cc1cnn2ccc(-c3cc(C4=CCN(S(C)=O)CC4)ccc3C(F)(F)F)cc12. The lowest BCUT2D eigenvalue weighted by molar-refractivity contribution is -0.140. The molecule has 33 heavy (non-hydrogen) atoms. The molecule has 1 unspecified atom stereocenters. The van der Waals surface area contributed by atoms with Crippen LogP contribution in [0.3, 0.4) is 0 Å². The van der Waals surface area contributed by atoms with Crippen LogP contribution in [0.15, 0.2) is 48.8 Å². The first-order valence-corrected chi connectivity index (χ1v) is 11.7. The fourth-order valence-electron chi connectivity index (χ4n) is 3.94. The van der Waals surface area contributed by atoms with E-state index in [2.05, 4.69) is 5.10 Å². The number of fused-ring (bicyclic) bond motifs is 1. The molecule has 0 aliphatic carbocycles. The van der Waals surface area contributed by atoms with Crippen molar-refractivity contribution in [3.8, 4) is 11.1 Å². The van der Waals surface area contributed by atoms with Crippen LogP contribution < -0.4 is 0 Å². The van der Waals surface area contributed by atoms with Crippen LogP contribution >= 0.6 is 0 Å². The molecule has 0 radical (unpaired) electrons. The van der Waals surface area contributed by atoms with Gasteiger partial charge >= 0.3 is 12.1 Å². The monoisotopic (exact) mass is 477 g/mol. The number of benzene rings is 1. The van der Waals surface area contributed by atoms with Gasteiger partial charge in [0, 0.05) is 31.1 Å². The second-order valence-electron chi connectivity index (χ2n) is 7.72. The highest BCUT2D eigenvalue weighted by Gasteiger charge is 2.34. The quantitative estimate of drug-likeness (QED) is 0.519. The minimum Gasteiger partial charge on any atom is -0.469 e. The van der Waals surface area contributed by atoms with E-state index in [0.29, 0.717) is 41.7 Å². The Morgan fingerprint density at radius 2 is 2.00 bits per heavy atom. The molecule has 0 amide bonds. The summed E-state index contributed by atoms with van der Waals surface area (Å²) in [6, 6.07) is 7.32. The molecule has 0 saturated carbocycles. The molecule has 0 bridgehead atoms. The van der Waals surface area contributed by atoms with Crippen molar-refractivity contribution < 1.29 is 26.9 Å². The topological polar surface area (TPSA) is 63.9 Å². The van der Waals surface area contributed by atoms with Gasteiger partial charge in [-0.15, -0.1) is 0 Å². The molecule has 0 spiro atoms. The van der Waals surface area contributed by atoms with E-state index in [1.54, 1.807) is 35.0 Å². The maximum atomic E-state index is 13.9. The van der Waals surface area contributed by atoms with Crippen molar-refractivity contribution in [2.45, 2.75) is 19.0 Å². The lowest BCUT2D eigenvalue weighted by Gasteiger charge is -2.24. The van der Waals surface area contributed by atoms with Gasteiger partial charge in [-0.25, -0.2) is 13.0 Å². The highest BCUT2D eigenvalue weighted by atomic mass is 32.2. The maximum Gasteiger partial charge on any atom is 0.417 e. The number of esters is 1. The van der Waals surface area contributed by atoms with E-state index in [1.165, 1.54) is 23.9 Å². The van der Waals surface area contributed by atoms with Crippen LogP contribution in [0.2, 0.25) is 0 Å². The molecule has 3 heterocycles.